The second kappa shape index (κ2) is 14.0. The summed E-state index contributed by atoms with van der Waals surface area (Å²) in [5.74, 6) is -2.18. The number of nitrogens with one attached hydrogen (secondary N) is 2. The van der Waals surface area contributed by atoms with Crippen LogP contribution in [-0.4, -0.2) is 62.3 Å². The summed E-state index contributed by atoms with van der Waals surface area (Å²) in [7, 11) is 0. The fourth-order valence-electron chi connectivity index (χ4n) is 4.36. The molecule has 0 aliphatic carbocycles. The van der Waals surface area contributed by atoms with Gasteiger partial charge in [0.1, 0.15) is 24.3 Å². The normalized spacial score (nSPS) is 11.5. The number of amides is 2. The standard InChI is InChI=1S/C30H32N6O7/c1-4-42-25(38)16-15-23(30(41)43-5-2)33-28(39)20-11-13-21(14-12-20)32-24(37)17-35-18-31-27-26(29(35)40)19(3)34-36(27)22-9-7-6-8-10-22/h6-14,18,23H,4-5,15-17H2,1-3H3,(H,32,37)(H,33,39)/t23-/m0/s1. The number of rotatable bonds is 12. The summed E-state index contributed by atoms with van der Waals surface area (Å²) < 4.78 is 12.7. The first kappa shape index (κ1) is 30.6. The van der Waals surface area contributed by atoms with Crippen molar-refractivity contribution in [2.45, 2.75) is 46.2 Å². The molecule has 0 unspecified atom stereocenters. The van der Waals surface area contributed by atoms with Crippen molar-refractivity contribution in [3.8, 4) is 5.69 Å². The number of hydrogen-bond donors (Lipinski definition) is 2. The second-order valence-electron chi connectivity index (χ2n) is 9.46. The number of ether oxygens (including phenoxy) is 2. The number of nitrogens with zero attached hydrogens (tertiary/aromatic N) is 4. The van der Waals surface area contributed by atoms with Crippen LogP contribution in [-0.2, 0) is 30.4 Å². The molecular weight excluding hydrogens is 556 g/mol. The van der Waals surface area contributed by atoms with Crippen molar-refractivity contribution in [1.82, 2.24) is 24.6 Å². The Morgan fingerprint density at radius 2 is 1.65 bits per heavy atom. The van der Waals surface area contributed by atoms with Crippen molar-refractivity contribution >= 4 is 40.5 Å². The molecule has 2 N–H and O–H groups in total. The van der Waals surface area contributed by atoms with Gasteiger partial charge in [-0.15, -0.1) is 0 Å². The van der Waals surface area contributed by atoms with Crippen LogP contribution in [0.1, 0.15) is 42.7 Å². The predicted octanol–water partition coefficient (Wildman–Crippen LogP) is 2.53. The van der Waals surface area contributed by atoms with Crippen LogP contribution < -0.4 is 16.2 Å². The number of hydrogen-bond acceptors (Lipinski definition) is 9. The zero-order valence-corrected chi connectivity index (χ0v) is 24.0. The van der Waals surface area contributed by atoms with Crippen molar-refractivity contribution in [1.29, 1.82) is 0 Å². The molecule has 0 bridgehead atoms. The molecule has 4 rings (SSSR count). The van der Waals surface area contributed by atoms with Crippen LogP contribution in [0.15, 0.2) is 65.7 Å². The Bertz CT molecular complexity index is 1680. The Kier molecular flexibility index (Phi) is 9.99. The van der Waals surface area contributed by atoms with Gasteiger partial charge in [-0.25, -0.2) is 14.5 Å². The molecule has 0 aliphatic heterocycles. The zero-order chi connectivity index (χ0) is 30.9. The highest BCUT2D eigenvalue weighted by Crippen LogP contribution is 2.17. The Balaban J connectivity index is 1.40. The van der Waals surface area contributed by atoms with Crippen LogP contribution in [0.25, 0.3) is 16.7 Å². The molecule has 0 aliphatic rings. The Morgan fingerprint density at radius 1 is 0.953 bits per heavy atom. The molecule has 13 nitrogen and oxygen atoms in total. The van der Waals surface area contributed by atoms with Gasteiger partial charge < -0.3 is 20.1 Å². The van der Waals surface area contributed by atoms with E-state index in [0.717, 1.165) is 5.69 Å². The summed E-state index contributed by atoms with van der Waals surface area (Å²) in [5.41, 5.74) is 1.86. The van der Waals surface area contributed by atoms with E-state index < -0.39 is 35.4 Å². The SMILES string of the molecule is CCOC(=O)CC[C@H](NC(=O)c1ccc(NC(=O)Cn2cnc3c(c(C)nn3-c3ccccc3)c2=O)cc1)C(=O)OCC. The molecule has 224 valence electrons. The topological polar surface area (TPSA) is 164 Å². The molecule has 0 saturated carbocycles. The summed E-state index contributed by atoms with van der Waals surface area (Å²) in [4.78, 5) is 67.2. The monoisotopic (exact) mass is 588 g/mol. The summed E-state index contributed by atoms with van der Waals surface area (Å²) in [6.07, 6.45) is 1.26. The smallest absolute Gasteiger partial charge is 0.328 e. The van der Waals surface area contributed by atoms with Crippen LogP contribution in [0.2, 0.25) is 0 Å². The molecule has 2 heterocycles. The van der Waals surface area contributed by atoms with Crippen LogP contribution in [0.5, 0.6) is 0 Å². The summed E-state index contributed by atoms with van der Waals surface area (Å²) >= 11 is 0. The van der Waals surface area contributed by atoms with Gasteiger partial charge in [0, 0.05) is 17.7 Å². The minimum atomic E-state index is -1.04. The molecule has 2 aromatic heterocycles. The summed E-state index contributed by atoms with van der Waals surface area (Å²) in [5, 5.41) is 10.1. The van der Waals surface area contributed by atoms with Crippen LogP contribution in [0.3, 0.4) is 0 Å². The Morgan fingerprint density at radius 3 is 2.33 bits per heavy atom. The van der Waals surface area contributed by atoms with E-state index in [1.807, 2.05) is 30.3 Å². The number of carbonyl (C=O) groups is 4. The van der Waals surface area contributed by atoms with E-state index in [1.54, 1.807) is 25.5 Å². The highest BCUT2D eigenvalue weighted by Gasteiger charge is 2.24. The van der Waals surface area contributed by atoms with Gasteiger partial charge in [0.2, 0.25) is 5.91 Å². The fraction of sp³-hybridized carbons (Fsp3) is 0.300. The van der Waals surface area contributed by atoms with Gasteiger partial charge in [-0.1, -0.05) is 18.2 Å². The third-order valence-corrected chi connectivity index (χ3v) is 6.39. The van der Waals surface area contributed by atoms with E-state index in [4.69, 9.17) is 9.47 Å². The third-order valence-electron chi connectivity index (χ3n) is 6.39. The van der Waals surface area contributed by atoms with Gasteiger partial charge in [0.15, 0.2) is 5.65 Å². The maximum Gasteiger partial charge on any atom is 0.328 e. The average molecular weight is 589 g/mol. The average Bonchev–Trinajstić information content (AvgIpc) is 3.34. The Labute approximate surface area is 246 Å². The van der Waals surface area contributed by atoms with E-state index >= 15 is 0 Å². The maximum absolute atomic E-state index is 13.2. The molecule has 1 atom stereocenters. The van der Waals surface area contributed by atoms with Crippen LogP contribution in [0, 0.1) is 6.92 Å². The van der Waals surface area contributed by atoms with Gasteiger partial charge in [-0.05, 0) is 63.6 Å². The van der Waals surface area contributed by atoms with Crippen LogP contribution in [0.4, 0.5) is 5.69 Å². The van der Waals surface area contributed by atoms with E-state index in [1.165, 1.54) is 35.2 Å². The molecule has 2 aromatic carbocycles. The number of aryl methyl sites for hydroxylation is 1. The Hall–Kier alpha value is -5.33. The van der Waals surface area contributed by atoms with Crippen LogP contribution >= 0.6 is 0 Å². The number of esters is 2. The van der Waals surface area contributed by atoms with Gasteiger partial charge in [0.05, 0.1) is 24.6 Å². The predicted molar refractivity (Wildman–Crippen MR) is 157 cm³/mol. The van der Waals surface area contributed by atoms with Crippen molar-refractivity contribution < 1.29 is 28.7 Å². The number of aromatic nitrogens is 4. The maximum atomic E-state index is 13.2. The molecule has 0 fully saturated rings. The highest BCUT2D eigenvalue weighted by atomic mass is 16.5. The molecule has 0 spiro atoms. The van der Waals surface area contributed by atoms with Gasteiger partial charge in [-0.2, -0.15) is 5.10 Å². The van der Waals surface area contributed by atoms with Gasteiger partial charge >= 0.3 is 11.9 Å². The minimum Gasteiger partial charge on any atom is -0.466 e. The lowest BCUT2D eigenvalue weighted by molar-refractivity contribution is -0.146. The molecule has 0 saturated heterocycles. The fourth-order valence-corrected chi connectivity index (χ4v) is 4.36. The number of fused-ring (bicyclic) bond motifs is 1. The number of carbonyl (C=O) groups excluding carboxylic acids is 4. The second-order valence-corrected chi connectivity index (χ2v) is 9.46. The van der Waals surface area contributed by atoms with E-state index in [2.05, 4.69) is 20.7 Å². The van der Waals surface area contributed by atoms with E-state index in [9.17, 15) is 24.0 Å². The quantitative estimate of drug-likeness (QED) is 0.237. The highest BCUT2D eigenvalue weighted by molar-refractivity contribution is 5.98. The largest absolute Gasteiger partial charge is 0.466 e. The van der Waals surface area contributed by atoms with Gasteiger partial charge in [0.25, 0.3) is 11.5 Å². The third kappa shape index (κ3) is 7.50. The molecular formula is C30H32N6O7. The lowest BCUT2D eigenvalue weighted by Crippen LogP contribution is -2.42. The molecule has 13 heteroatoms. The lowest BCUT2D eigenvalue weighted by atomic mass is 10.1. The van der Waals surface area contributed by atoms with Crippen molar-refractivity contribution in [3.05, 3.63) is 82.5 Å². The first-order chi connectivity index (χ1) is 20.7. The number of para-hydroxylation sites is 1. The first-order valence-corrected chi connectivity index (χ1v) is 13.7. The summed E-state index contributed by atoms with van der Waals surface area (Å²) in [6, 6.07) is 14.2. The summed E-state index contributed by atoms with van der Waals surface area (Å²) in [6.45, 7) is 5.06. The van der Waals surface area contributed by atoms with E-state index in [-0.39, 0.29) is 38.2 Å². The number of benzene rings is 2. The molecule has 2 amide bonds. The first-order valence-electron chi connectivity index (χ1n) is 13.7. The van der Waals surface area contributed by atoms with Crippen molar-refractivity contribution in [3.63, 3.8) is 0 Å². The molecule has 0 radical (unpaired) electrons. The molecule has 43 heavy (non-hydrogen) atoms. The molecule has 4 aromatic rings. The van der Waals surface area contributed by atoms with Gasteiger partial charge in [-0.3, -0.25) is 23.7 Å². The number of anilines is 1. The van der Waals surface area contributed by atoms with E-state index in [0.29, 0.717) is 22.4 Å². The van der Waals surface area contributed by atoms with Crippen molar-refractivity contribution in [2.75, 3.05) is 18.5 Å². The van der Waals surface area contributed by atoms with Crippen molar-refractivity contribution in [2.24, 2.45) is 0 Å². The zero-order valence-electron chi connectivity index (χ0n) is 24.0. The minimum absolute atomic E-state index is 0.0180. The lowest BCUT2D eigenvalue weighted by Gasteiger charge is -2.17.